The van der Waals surface area contributed by atoms with Crippen LogP contribution in [0.2, 0.25) is 10.0 Å². The third-order valence-electron chi connectivity index (χ3n) is 3.32. The standard InChI is InChI=1S/C16H12Cl2F4N2O2S/c1-7(26-14-11(18)12(23)10(17)13(19)24-14)15(25)27-6-8-2-4-9(5-3-8)16(20,21)22/h2-5,7H,6H2,1H3,(H2,23,24)/t7-/m1/s1. The Bertz CT molecular complexity index is 848. The molecule has 0 saturated heterocycles. The van der Waals surface area contributed by atoms with Crippen LogP contribution in [0.1, 0.15) is 18.1 Å². The number of carbonyl (C=O) groups is 1. The van der Waals surface area contributed by atoms with Gasteiger partial charge in [-0.2, -0.15) is 22.5 Å². The summed E-state index contributed by atoms with van der Waals surface area (Å²) in [5.74, 6) is -1.35. The third-order valence-corrected chi connectivity index (χ3v) is 5.14. The molecule has 0 amide bonds. The van der Waals surface area contributed by atoms with Crippen LogP contribution in [0, 0.1) is 5.95 Å². The van der Waals surface area contributed by atoms with Crippen LogP contribution in [0.4, 0.5) is 23.2 Å². The van der Waals surface area contributed by atoms with E-state index in [2.05, 4.69) is 4.98 Å². The van der Waals surface area contributed by atoms with Gasteiger partial charge in [0.15, 0.2) is 6.10 Å². The zero-order valence-corrected chi connectivity index (χ0v) is 15.9. The van der Waals surface area contributed by atoms with Gasteiger partial charge in [-0.1, -0.05) is 47.1 Å². The van der Waals surface area contributed by atoms with Gasteiger partial charge in [0, 0.05) is 5.75 Å². The second-order valence-electron chi connectivity index (χ2n) is 5.31. The molecule has 1 atom stereocenters. The fraction of sp³-hybridized carbons (Fsp3) is 0.250. The van der Waals surface area contributed by atoms with Crippen LogP contribution >= 0.6 is 35.0 Å². The highest BCUT2D eigenvalue weighted by Crippen LogP contribution is 2.36. The van der Waals surface area contributed by atoms with Crippen molar-refractivity contribution < 1.29 is 27.1 Å². The predicted molar refractivity (Wildman–Crippen MR) is 96.5 cm³/mol. The van der Waals surface area contributed by atoms with Gasteiger partial charge in [0.1, 0.15) is 10.0 Å². The van der Waals surface area contributed by atoms with Crippen molar-refractivity contribution in [1.29, 1.82) is 0 Å². The molecule has 1 aromatic carbocycles. The Morgan fingerprint density at radius 2 is 1.85 bits per heavy atom. The Morgan fingerprint density at radius 3 is 2.41 bits per heavy atom. The summed E-state index contributed by atoms with van der Waals surface area (Å²) in [6, 6.07) is 4.43. The second-order valence-corrected chi connectivity index (χ2v) is 7.05. The second kappa shape index (κ2) is 8.53. The van der Waals surface area contributed by atoms with Gasteiger partial charge >= 0.3 is 6.18 Å². The molecule has 11 heteroatoms. The zero-order valence-electron chi connectivity index (χ0n) is 13.6. The number of hydrogen-bond donors (Lipinski definition) is 1. The van der Waals surface area contributed by atoms with E-state index in [1.54, 1.807) is 0 Å². The van der Waals surface area contributed by atoms with Crippen molar-refractivity contribution in [3.05, 3.63) is 51.4 Å². The number of rotatable bonds is 5. The molecule has 2 N–H and O–H groups in total. The number of nitrogens with two attached hydrogens (primary N) is 1. The van der Waals surface area contributed by atoms with Gasteiger partial charge in [0.2, 0.25) is 16.9 Å². The van der Waals surface area contributed by atoms with Crippen molar-refractivity contribution >= 4 is 45.8 Å². The van der Waals surface area contributed by atoms with Gasteiger partial charge in [-0.25, -0.2) is 0 Å². The minimum absolute atomic E-state index is 0.128. The first-order chi connectivity index (χ1) is 12.5. The lowest BCUT2D eigenvalue weighted by molar-refractivity contribution is -0.137. The first-order valence-electron chi connectivity index (χ1n) is 7.30. The molecule has 0 bridgehead atoms. The molecule has 2 rings (SSSR count). The Morgan fingerprint density at radius 1 is 1.26 bits per heavy atom. The highest BCUT2D eigenvalue weighted by Gasteiger charge is 2.30. The van der Waals surface area contributed by atoms with E-state index in [-0.39, 0.29) is 22.3 Å². The van der Waals surface area contributed by atoms with Gasteiger partial charge in [0.25, 0.3) is 0 Å². The van der Waals surface area contributed by atoms with Crippen LogP contribution in [0.25, 0.3) is 0 Å². The van der Waals surface area contributed by atoms with Gasteiger partial charge < -0.3 is 10.5 Å². The summed E-state index contributed by atoms with van der Waals surface area (Å²) in [6.07, 6.45) is -5.49. The summed E-state index contributed by atoms with van der Waals surface area (Å²) in [5, 5.41) is -1.14. The Kier molecular flexibility index (Phi) is 6.82. The number of nitrogens with zero attached hydrogens (tertiary/aromatic N) is 1. The molecule has 0 aliphatic rings. The molecule has 0 unspecified atom stereocenters. The number of hydrogen-bond acceptors (Lipinski definition) is 5. The van der Waals surface area contributed by atoms with E-state index in [1.165, 1.54) is 19.1 Å². The third kappa shape index (κ3) is 5.40. The number of pyridine rings is 1. The minimum Gasteiger partial charge on any atom is -0.464 e. The molecular formula is C16H12Cl2F4N2O2S. The van der Waals surface area contributed by atoms with E-state index in [0.29, 0.717) is 5.56 Å². The molecule has 27 heavy (non-hydrogen) atoms. The Hall–Kier alpha value is -1.71. The summed E-state index contributed by atoms with van der Waals surface area (Å²) in [5.41, 5.74) is 5.00. The lowest BCUT2D eigenvalue weighted by Gasteiger charge is -2.15. The van der Waals surface area contributed by atoms with Gasteiger partial charge in [0.05, 0.1) is 11.3 Å². The van der Waals surface area contributed by atoms with Crippen LogP contribution in [0.5, 0.6) is 5.88 Å². The Labute approximate surface area is 166 Å². The van der Waals surface area contributed by atoms with E-state index >= 15 is 0 Å². The molecular weight excluding hydrogens is 431 g/mol. The van der Waals surface area contributed by atoms with Crippen LogP contribution in [0.15, 0.2) is 24.3 Å². The van der Waals surface area contributed by atoms with E-state index in [1.807, 2.05) is 0 Å². The number of thioether (sulfide) groups is 1. The number of nitrogen functional groups attached to an aromatic ring is 1. The molecule has 0 saturated carbocycles. The van der Waals surface area contributed by atoms with Crippen LogP contribution in [-0.4, -0.2) is 16.2 Å². The minimum atomic E-state index is -4.42. The first-order valence-corrected chi connectivity index (χ1v) is 9.04. The normalized spacial score (nSPS) is 12.7. The fourth-order valence-electron chi connectivity index (χ4n) is 1.87. The number of halogens is 6. The predicted octanol–water partition coefficient (Wildman–Crippen LogP) is 5.36. The Balaban J connectivity index is 1.98. The van der Waals surface area contributed by atoms with Gasteiger partial charge in [-0.3, -0.25) is 4.79 Å². The molecule has 0 radical (unpaired) electrons. The van der Waals surface area contributed by atoms with E-state index in [9.17, 15) is 22.4 Å². The number of benzene rings is 1. The van der Waals surface area contributed by atoms with Crippen molar-refractivity contribution in [2.75, 3.05) is 5.73 Å². The SMILES string of the molecule is C[C@@H](Oc1nc(F)c(Cl)c(N)c1Cl)C(=O)SCc1ccc(C(F)(F)F)cc1. The van der Waals surface area contributed by atoms with Crippen molar-refractivity contribution in [3.8, 4) is 5.88 Å². The maximum Gasteiger partial charge on any atom is 0.416 e. The highest BCUT2D eigenvalue weighted by molar-refractivity contribution is 8.13. The molecule has 146 valence electrons. The number of ether oxygens (including phenoxy) is 1. The number of carbonyl (C=O) groups excluding carboxylic acids is 1. The molecule has 0 aliphatic heterocycles. The molecule has 2 aromatic rings. The first kappa shape index (κ1) is 21.6. The fourth-order valence-corrected chi connectivity index (χ4v) is 3.02. The molecule has 0 spiro atoms. The largest absolute Gasteiger partial charge is 0.464 e. The summed E-state index contributed by atoms with van der Waals surface area (Å²) >= 11 is 12.3. The number of anilines is 1. The maximum absolute atomic E-state index is 13.5. The monoisotopic (exact) mass is 442 g/mol. The van der Waals surface area contributed by atoms with Gasteiger partial charge in [-0.15, -0.1) is 0 Å². The van der Waals surface area contributed by atoms with E-state index in [4.69, 9.17) is 33.7 Å². The number of alkyl halides is 3. The maximum atomic E-state index is 13.5. The summed E-state index contributed by atoms with van der Waals surface area (Å²) in [4.78, 5) is 15.5. The van der Waals surface area contributed by atoms with Crippen molar-refractivity contribution in [3.63, 3.8) is 0 Å². The molecule has 0 aliphatic carbocycles. The summed E-state index contributed by atoms with van der Waals surface area (Å²) < 4.78 is 56.3. The topological polar surface area (TPSA) is 65.2 Å². The average molecular weight is 443 g/mol. The van der Waals surface area contributed by atoms with Crippen molar-refractivity contribution in [1.82, 2.24) is 4.98 Å². The smallest absolute Gasteiger partial charge is 0.416 e. The summed E-state index contributed by atoms with van der Waals surface area (Å²) in [6.45, 7) is 1.39. The molecule has 1 heterocycles. The average Bonchev–Trinajstić information content (AvgIpc) is 2.61. The number of aromatic nitrogens is 1. The van der Waals surface area contributed by atoms with Crippen molar-refractivity contribution in [2.45, 2.75) is 25.0 Å². The zero-order chi connectivity index (χ0) is 20.4. The highest BCUT2D eigenvalue weighted by atomic mass is 35.5. The van der Waals surface area contributed by atoms with Crippen LogP contribution in [0.3, 0.4) is 0 Å². The molecule has 1 aromatic heterocycles. The lowest BCUT2D eigenvalue weighted by atomic mass is 10.1. The van der Waals surface area contributed by atoms with Crippen molar-refractivity contribution in [2.24, 2.45) is 0 Å². The van der Waals surface area contributed by atoms with Crippen LogP contribution in [-0.2, 0) is 16.7 Å². The van der Waals surface area contributed by atoms with Gasteiger partial charge in [-0.05, 0) is 24.6 Å². The molecule has 0 fully saturated rings. The van der Waals surface area contributed by atoms with E-state index < -0.39 is 33.9 Å². The van der Waals surface area contributed by atoms with E-state index in [0.717, 1.165) is 23.9 Å². The summed E-state index contributed by atoms with van der Waals surface area (Å²) in [7, 11) is 0. The van der Waals surface area contributed by atoms with Crippen LogP contribution < -0.4 is 10.5 Å². The quantitative estimate of drug-likeness (QED) is 0.498. The molecule has 4 nitrogen and oxygen atoms in total. The lowest BCUT2D eigenvalue weighted by Crippen LogP contribution is -2.22.